The number of aromatic nitrogens is 3. The zero-order valence-electron chi connectivity index (χ0n) is 27.4. The Kier molecular flexibility index (Phi) is 9.28. The topological polar surface area (TPSA) is 119 Å². The number of hydrogen-bond acceptors (Lipinski definition) is 6. The normalized spacial score (nSPS) is 18.9. The first-order valence-electron chi connectivity index (χ1n) is 15.8. The molecule has 12 heteroatoms. The number of hydrogen-bond donors (Lipinski definition) is 2. The van der Waals surface area contributed by atoms with Crippen LogP contribution in [0.25, 0.3) is 22.3 Å². The Balaban J connectivity index is 1.57. The van der Waals surface area contributed by atoms with E-state index in [9.17, 15) is 19.1 Å². The highest BCUT2D eigenvalue weighted by Gasteiger charge is 2.45. The number of carbonyl (C=O) groups is 2. The Bertz CT molecular complexity index is 1580. The highest BCUT2D eigenvalue weighted by Crippen LogP contribution is 2.39. The van der Waals surface area contributed by atoms with Gasteiger partial charge in [0.1, 0.15) is 35.8 Å². The molecule has 1 aromatic carbocycles. The van der Waals surface area contributed by atoms with Gasteiger partial charge in [-0.3, -0.25) is 4.79 Å². The molecule has 244 valence electrons. The Hall–Kier alpha value is -3.51. The minimum atomic E-state index is -1.34. The number of carbonyl (C=O) groups excluding carboxylic acids is 1. The van der Waals surface area contributed by atoms with E-state index in [0.717, 1.165) is 18.9 Å². The summed E-state index contributed by atoms with van der Waals surface area (Å²) in [5.74, 6) is 0.123. The molecule has 1 aliphatic heterocycles. The SMILES string of the molecule is Cc1c(C(=O)N[C@@H]2CCN(C(=O)O)C2C(C)(C)C)c2ncnc(-c3ccc(F)cc3OCC3CC3)c2n1COCC[Si](C)(C)C. The number of rotatable bonds is 11. The highest BCUT2D eigenvalue weighted by molar-refractivity contribution is 6.76. The molecule has 5 rings (SSSR count). The van der Waals surface area contributed by atoms with Crippen LogP contribution in [0, 0.1) is 24.1 Å². The predicted octanol–water partition coefficient (Wildman–Crippen LogP) is 6.54. The van der Waals surface area contributed by atoms with Crippen molar-refractivity contribution in [3.8, 4) is 17.0 Å². The van der Waals surface area contributed by atoms with E-state index in [1.165, 1.54) is 23.4 Å². The number of ether oxygens (including phenoxy) is 2. The first kappa shape index (κ1) is 32.9. The van der Waals surface area contributed by atoms with E-state index in [-0.39, 0.29) is 18.7 Å². The van der Waals surface area contributed by atoms with Gasteiger partial charge in [0.25, 0.3) is 5.91 Å². The fourth-order valence-corrected chi connectivity index (χ4v) is 6.99. The summed E-state index contributed by atoms with van der Waals surface area (Å²) in [6.07, 6.45) is 3.12. The van der Waals surface area contributed by atoms with Gasteiger partial charge in [-0.2, -0.15) is 0 Å². The third-order valence-electron chi connectivity index (χ3n) is 8.76. The van der Waals surface area contributed by atoms with Crippen LogP contribution in [0.1, 0.15) is 56.1 Å². The molecule has 0 radical (unpaired) electrons. The lowest BCUT2D eigenvalue weighted by Gasteiger charge is -2.37. The van der Waals surface area contributed by atoms with E-state index in [4.69, 9.17) is 9.47 Å². The first-order valence-corrected chi connectivity index (χ1v) is 19.5. The molecule has 3 aromatic rings. The van der Waals surface area contributed by atoms with Gasteiger partial charge in [-0.15, -0.1) is 0 Å². The van der Waals surface area contributed by atoms with Crippen molar-refractivity contribution in [2.75, 3.05) is 19.8 Å². The van der Waals surface area contributed by atoms with Crippen molar-refractivity contribution in [3.05, 3.63) is 41.6 Å². The van der Waals surface area contributed by atoms with Crippen molar-refractivity contribution in [3.63, 3.8) is 0 Å². The third-order valence-corrected chi connectivity index (χ3v) is 10.5. The monoisotopic (exact) mass is 639 g/mol. The van der Waals surface area contributed by atoms with Crippen LogP contribution in [0.5, 0.6) is 5.75 Å². The van der Waals surface area contributed by atoms with Gasteiger partial charge >= 0.3 is 6.09 Å². The Morgan fingerprint density at radius 1 is 1.16 bits per heavy atom. The summed E-state index contributed by atoms with van der Waals surface area (Å²) in [5, 5.41) is 13.0. The quantitative estimate of drug-likeness (QED) is 0.181. The van der Waals surface area contributed by atoms with Gasteiger partial charge < -0.3 is 29.4 Å². The van der Waals surface area contributed by atoms with E-state index >= 15 is 0 Å². The zero-order valence-corrected chi connectivity index (χ0v) is 28.4. The number of amides is 2. The van der Waals surface area contributed by atoms with Crippen LogP contribution in [-0.2, 0) is 11.5 Å². The number of likely N-dealkylation sites (tertiary alicyclic amines) is 1. The van der Waals surface area contributed by atoms with Crippen molar-refractivity contribution in [1.29, 1.82) is 0 Å². The minimum absolute atomic E-state index is 0.181. The average Bonchev–Trinajstić information content (AvgIpc) is 3.60. The van der Waals surface area contributed by atoms with Crippen LogP contribution >= 0.6 is 0 Å². The van der Waals surface area contributed by atoms with E-state index in [1.54, 1.807) is 6.07 Å². The van der Waals surface area contributed by atoms with Crippen LogP contribution in [0.3, 0.4) is 0 Å². The van der Waals surface area contributed by atoms with E-state index in [0.29, 0.717) is 71.4 Å². The van der Waals surface area contributed by atoms with Gasteiger partial charge in [0.2, 0.25) is 0 Å². The van der Waals surface area contributed by atoms with Gasteiger partial charge in [0.15, 0.2) is 0 Å². The highest BCUT2D eigenvalue weighted by atomic mass is 28.3. The molecule has 1 saturated heterocycles. The number of nitrogens with one attached hydrogen (secondary N) is 1. The smallest absolute Gasteiger partial charge is 0.407 e. The molecule has 1 saturated carbocycles. The second-order valence-corrected chi connectivity index (χ2v) is 20.3. The second kappa shape index (κ2) is 12.7. The predicted molar refractivity (Wildman–Crippen MR) is 174 cm³/mol. The molecule has 45 heavy (non-hydrogen) atoms. The molecule has 1 unspecified atom stereocenters. The Morgan fingerprint density at radius 2 is 1.89 bits per heavy atom. The third kappa shape index (κ3) is 7.32. The standard InChI is InChI=1S/C33H46FN5O5Si/c1-20-26(31(40)37-24-12-13-38(32(41)42)30(24)33(2,3)4)28-29(39(20)19-43-14-15-45(5,6)7)27(35-18-36-28)23-11-10-22(34)16-25(23)44-17-21-8-9-21/h10-11,16,18,21,24,30H,8-9,12-15,17,19H2,1-7H3,(H,37,40)(H,41,42)/t24-,30?/m1/s1. The summed E-state index contributed by atoms with van der Waals surface area (Å²) in [7, 11) is -1.34. The minimum Gasteiger partial charge on any atom is -0.492 e. The molecular formula is C33H46FN5O5Si. The number of nitrogens with zero attached hydrogens (tertiary/aromatic N) is 4. The molecule has 0 spiro atoms. The average molecular weight is 640 g/mol. The lowest BCUT2D eigenvalue weighted by molar-refractivity contribution is 0.0821. The van der Waals surface area contributed by atoms with E-state index < -0.39 is 31.4 Å². The molecular weight excluding hydrogens is 593 g/mol. The Morgan fingerprint density at radius 3 is 2.53 bits per heavy atom. The van der Waals surface area contributed by atoms with E-state index in [2.05, 4.69) is 34.9 Å². The van der Waals surface area contributed by atoms with Crippen LogP contribution < -0.4 is 10.1 Å². The van der Waals surface area contributed by atoms with Crippen molar-refractivity contribution >= 4 is 31.1 Å². The zero-order chi connectivity index (χ0) is 32.7. The molecule has 2 N–H and O–H groups in total. The number of fused-ring (bicyclic) bond motifs is 1. The van der Waals surface area contributed by atoms with E-state index in [1.807, 2.05) is 32.3 Å². The van der Waals surface area contributed by atoms with Gasteiger partial charge in [-0.05, 0) is 55.7 Å². The molecule has 2 amide bonds. The molecule has 10 nitrogen and oxygen atoms in total. The number of carboxylic acid groups (broad SMARTS) is 1. The lowest BCUT2D eigenvalue weighted by Crippen LogP contribution is -2.52. The first-order chi connectivity index (χ1) is 21.2. The molecule has 2 atom stereocenters. The van der Waals surface area contributed by atoms with Crippen molar-refractivity contribution in [2.24, 2.45) is 11.3 Å². The van der Waals surface area contributed by atoms with Gasteiger partial charge in [0.05, 0.1) is 29.8 Å². The summed E-state index contributed by atoms with van der Waals surface area (Å²) < 4.78 is 28.6. The largest absolute Gasteiger partial charge is 0.492 e. The lowest BCUT2D eigenvalue weighted by atomic mass is 9.82. The van der Waals surface area contributed by atoms with Crippen molar-refractivity contribution < 1.29 is 28.6 Å². The van der Waals surface area contributed by atoms with Gasteiger partial charge in [-0.25, -0.2) is 19.2 Å². The maximum atomic E-state index is 14.4. The maximum Gasteiger partial charge on any atom is 0.407 e. The summed E-state index contributed by atoms with van der Waals surface area (Å²) in [6.45, 7) is 16.3. The summed E-state index contributed by atoms with van der Waals surface area (Å²) >= 11 is 0. The number of benzene rings is 1. The van der Waals surface area contributed by atoms with Crippen molar-refractivity contribution in [2.45, 2.75) is 91.5 Å². The van der Waals surface area contributed by atoms with Gasteiger partial charge in [0, 0.05) is 38.5 Å². The van der Waals surface area contributed by atoms with Crippen LogP contribution in [-0.4, -0.2) is 76.5 Å². The summed E-state index contributed by atoms with van der Waals surface area (Å²) in [5.41, 5.74) is 2.81. The molecule has 3 heterocycles. The van der Waals surface area contributed by atoms with Crippen molar-refractivity contribution in [1.82, 2.24) is 24.8 Å². The molecule has 2 aliphatic rings. The fourth-order valence-electron chi connectivity index (χ4n) is 6.23. The van der Waals surface area contributed by atoms with Crippen LogP contribution in [0.15, 0.2) is 24.5 Å². The molecule has 0 bridgehead atoms. The molecule has 2 fully saturated rings. The summed E-state index contributed by atoms with van der Waals surface area (Å²) in [6, 6.07) is 4.63. The molecule has 1 aliphatic carbocycles. The Labute approximate surface area is 265 Å². The number of halogens is 1. The maximum absolute atomic E-state index is 14.4. The fraction of sp³-hybridized carbons (Fsp3) is 0.576. The molecule has 2 aromatic heterocycles. The van der Waals surface area contributed by atoms with Crippen LogP contribution in [0.2, 0.25) is 25.7 Å². The summed E-state index contributed by atoms with van der Waals surface area (Å²) in [4.78, 5) is 36.8. The van der Waals surface area contributed by atoms with Gasteiger partial charge in [-0.1, -0.05) is 40.4 Å². The second-order valence-electron chi connectivity index (χ2n) is 14.7. The van der Waals surface area contributed by atoms with Crippen LogP contribution in [0.4, 0.5) is 9.18 Å².